The molecule has 10 nitrogen and oxygen atoms in total. The van der Waals surface area contributed by atoms with Crippen LogP contribution in [0.3, 0.4) is 0 Å². The Morgan fingerprint density at radius 1 is 1.06 bits per heavy atom. The number of fused-ring (bicyclic) bond motifs is 1. The SMILES string of the molecule is CCCn1nc(C(=O)NNS(=O)(=O)c2ccc(OCCOC)cc2)c2ccccc2c1=O. The second-order valence-electron chi connectivity index (χ2n) is 6.79. The molecular formula is C21H24N4O6S. The van der Waals surface area contributed by atoms with Crippen molar-refractivity contribution < 1.29 is 22.7 Å². The number of methoxy groups -OCH3 is 1. The van der Waals surface area contributed by atoms with Crippen molar-refractivity contribution in [1.29, 1.82) is 0 Å². The molecule has 2 aromatic carbocycles. The lowest BCUT2D eigenvalue weighted by atomic mass is 10.1. The zero-order valence-corrected chi connectivity index (χ0v) is 18.5. The van der Waals surface area contributed by atoms with Crippen molar-refractivity contribution in [1.82, 2.24) is 20.0 Å². The standard InChI is InChI=1S/C21H24N4O6S/c1-3-12-25-21(27)18-7-5-4-6-17(18)19(23-25)20(26)22-24-32(28,29)16-10-8-15(9-11-16)31-14-13-30-2/h4-11,24H,3,12-14H2,1-2H3,(H,22,26). The van der Waals surface area contributed by atoms with Crippen molar-refractivity contribution in [3.05, 3.63) is 64.6 Å². The number of benzene rings is 2. The van der Waals surface area contributed by atoms with Gasteiger partial charge in [0.15, 0.2) is 5.69 Å². The van der Waals surface area contributed by atoms with Gasteiger partial charge in [-0.05, 0) is 36.8 Å². The summed E-state index contributed by atoms with van der Waals surface area (Å²) in [6.45, 7) is 2.94. The smallest absolute Gasteiger partial charge is 0.287 e. The van der Waals surface area contributed by atoms with Crippen molar-refractivity contribution in [2.45, 2.75) is 24.8 Å². The van der Waals surface area contributed by atoms with Crippen LogP contribution in [0.2, 0.25) is 0 Å². The number of amides is 1. The Labute approximate surface area is 185 Å². The fourth-order valence-electron chi connectivity index (χ4n) is 2.96. The van der Waals surface area contributed by atoms with E-state index in [1.807, 2.05) is 6.92 Å². The molecule has 0 unspecified atom stereocenters. The Balaban J connectivity index is 1.78. The molecule has 1 heterocycles. The van der Waals surface area contributed by atoms with E-state index in [4.69, 9.17) is 9.47 Å². The summed E-state index contributed by atoms with van der Waals surface area (Å²) in [5.74, 6) is -0.298. The highest BCUT2D eigenvalue weighted by Crippen LogP contribution is 2.16. The van der Waals surface area contributed by atoms with Gasteiger partial charge in [0, 0.05) is 19.0 Å². The molecule has 0 atom stereocenters. The van der Waals surface area contributed by atoms with Gasteiger partial charge in [0.1, 0.15) is 12.4 Å². The lowest BCUT2D eigenvalue weighted by molar-refractivity contribution is 0.0939. The molecule has 0 fully saturated rings. The fourth-order valence-corrected chi connectivity index (χ4v) is 3.80. The van der Waals surface area contributed by atoms with Crippen molar-refractivity contribution in [3.8, 4) is 5.75 Å². The Morgan fingerprint density at radius 3 is 2.41 bits per heavy atom. The van der Waals surface area contributed by atoms with Gasteiger partial charge in [0.05, 0.1) is 16.9 Å². The first kappa shape index (κ1) is 23.4. The predicted octanol–water partition coefficient (Wildman–Crippen LogP) is 1.46. The zero-order chi connectivity index (χ0) is 23.1. The van der Waals surface area contributed by atoms with Gasteiger partial charge in [0.2, 0.25) is 0 Å². The number of nitrogens with one attached hydrogen (secondary N) is 2. The van der Waals surface area contributed by atoms with E-state index in [0.717, 1.165) is 0 Å². The van der Waals surface area contributed by atoms with Gasteiger partial charge >= 0.3 is 0 Å². The minimum atomic E-state index is -4.05. The van der Waals surface area contributed by atoms with Crippen molar-refractivity contribution in [2.24, 2.45) is 0 Å². The van der Waals surface area contributed by atoms with E-state index in [0.29, 0.717) is 42.7 Å². The van der Waals surface area contributed by atoms with E-state index < -0.39 is 15.9 Å². The van der Waals surface area contributed by atoms with E-state index in [1.54, 1.807) is 31.4 Å². The normalized spacial score (nSPS) is 11.4. The third-order valence-electron chi connectivity index (χ3n) is 4.51. The predicted molar refractivity (Wildman–Crippen MR) is 118 cm³/mol. The van der Waals surface area contributed by atoms with Crippen LogP contribution in [0.25, 0.3) is 10.8 Å². The molecule has 0 aliphatic rings. The molecule has 0 saturated carbocycles. The van der Waals surface area contributed by atoms with Crippen LogP contribution in [0.1, 0.15) is 23.8 Å². The Morgan fingerprint density at radius 2 is 1.75 bits per heavy atom. The molecule has 11 heteroatoms. The highest BCUT2D eigenvalue weighted by Gasteiger charge is 2.20. The second-order valence-corrected chi connectivity index (χ2v) is 8.48. The van der Waals surface area contributed by atoms with Gasteiger partial charge in [-0.2, -0.15) is 5.10 Å². The summed E-state index contributed by atoms with van der Waals surface area (Å²) in [5, 5.41) is 4.80. The summed E-state index contributed by atoms with van der Waals surface area (Å²) in [4.78, 5) is 27.3. The van der Waals surface area contributed by atoms with Crippen LogP contribution in [0.5, 0.6) is 5.75 Å². The maximum Gasteiger partial charge on any atom is 0.287 e. The first-order chi connectivity index (χ1) is 15.4. The summed E-state index contributed by atoms with van der Waals surface area (Å²) in [6.07, 6.45) is 0.643. The van der Waals surface area contributed by atoms with Crippen LogP contribution in [-0.4, -0.2) is 44.4 Å². The van der Waals surface area contributed by atoms with Crippen molar-refractivity contribution in [2.75, 3.05) is 20.3 Å². The van der Waals surface area contributed by atoms with Gasteiger partial charge in [-0.25, -0.2) is 13.1 Å². The summed E-state index contributed by atoms with van der Waals surface area (Å²) < 4.78 is 36.6. The van der Waals surface area contributed by atoms with Gasteiger partial charge in [-0.1, -0.05) is 25.1 Å². The first-order valence-electron chi connectivity index (χ1n) is 9.91. The highest BCUT2D eigenvalue weighted by molar-refractivity contribution is 7.89. The molecule has 170 valence electrons. The molecule has 0 saturated heterocycles. The van der Waals surface area contributed by atoms with Crippen LogP contribution in [-0.2, 0) is 21.3 Å². The van der Waals surface area contributed by atoms with Crippen LogP contribution in [0, 0.1) is 0 Å². The summed E-state index contributed by atoms with van der Waals surface area (Å²) in [7, 11) is -2.49. The number of sulfonamides is 1. The largest absolute Gasteiger partial charge is 0.491 e. The Hall–Kier alpha value is -3.28. The molecule has 0 spiro atoms. The number of rotatable bonds is 10. The summed E-state index contributed by atoms with van der Waals surface area (Å²) in [5.41, 5.74) is 1.80. The third-order valence-corrected chi connectivity index (χ3v) is 5.77. The molecule has 1 aromatic heterocycles. The molecule has 0 aliphatic carbocycles. The maximum absolute atomic E-state index is 12.8. The summed E-state index contributed by atoms with van der Waals surface area (Å²) >= 11 is 0. The van der Waals surface area contributed by atoms with E-state index in [1.165, 1.54) is 28.9 Å². The third kappa shape index (κ3) is 5.31. The molecule has 0 aliphatic heterocycles. The number of hydrogen-bond donors (Lipinski definition) is 2. The van der Waals surface area contributed by atoms with E-state index >= 15 is 0 Å². The number of carbonyl (C=O) groups excluding carboxylic acids is 1. The number of hydrogen-bond acceptors (Lipinski definition) is 7. The number of nitrogens with zero attached hydrogens (tertiary/aromatic N) is 2. The number of aromatic nitrogens is 2. The van der Waals surface area contributed by atoms with E-state index in [2.05, 4.69) is 15.4 Å². The topological polar surface area (TPSA) is 129 Å². The fraction of sp³-hybridized carbons (Fsp3) is 0.286. The number of ether oxygens (including phenoxy) is 2. The van der Waals surface area contributed by atoms with Crippen LogP contribution in [0.15, 0.2) is 58.2 Å². The molecule has 3 aromatic rings. The molecule has 0 bridgehead atoms. The van der Waals surface area contributed by atoms with Crippen LogP contribution >= 0.6 is 0 Å². The van der Waals surface area contributed by atoms with Crippen molar-refractivity contribution >= 4 is 26.7 Å². The maximum atomic E-state index is 12.8. The minimum Gasteiger partial charge on any atom is -0.491 e. The van der Waals surface area contributed by atoms with Crippen LogP contribution < -0.4 is 20.6 Å². The average molecular weight is 461 g/mol. The van der Waals surface area contributed by atoms with Crippen LogP contribution in [0.4, 0.5) is 0 Å². The average Bonchev–Trinajstić information content (AvgIpc) is 2.80. The lowest BCUT2D eigenvalue weighted by Crippen LogP contribution is -2.42. The molecule has 1 amide bonds. The quantitative estimate of drug-likeness (QED) is 0.346. The second kappa shape index (κ2) is 10.4. The van der Waals surface area contributed by atoms with Crippen molar-refractivity contribution in [3.63, 3.8) is 0 Å². The molecule has 3 rings (SSSR count). The first-order valence-corrected chi connectivity index (χ1v) is 11.4. The van der Waals surface area contributed by atoms with E-state index in [-0.39, 0.29) is 16.1 Å². The van der Waals surface area contributed by atoms with E-state index in [9.17, 15) is 18.0 Å². The summed E-state index contributed by atoms with van der Waals surface area (Å²) in [6, 6.07) is 12.3. The molecule has 0 radical (unpaired) electrons. The van der Waals surface area contributed by atoms with Gasteiger partial charge in [0.25, 0.3) is 21.5 Å². The van der Waals surface area contributed by atoms with Gasteiger partial charge in [-0.3, -0.25) is 15.0 Å². The molecular weight excluding hydrogens is 436 g/mol. The molecule has 2 N–H and O–H groups in total. The minimum absolute atomic E-state index is 0.0572. The Kier molecular flexibility index (Phi) is 7.57. The number of aryl methyl sites for hydroxylation is 1. The zero-order valence-electron chi connectivity index (χ0n) is 17.7. The lowest BCUT2D eigenvalue weighted by Gasteiger charge is -2.12. The van der Waals surface area contributed by atoms with Gasteiger partial charge in [-0.15, -0.1) is 4.83 Å². The monoisotopic (exact) mass is 460 g/mol. The number of carbonyl (C=O) groups is 1. The highest BCUT2D eigenvalue weighted by atomic mass is 32.2. The van der Waals surface area contributed by atoms with Gasteiger partial charge < -0.3 is 9.47 Å². The number of hydrazine groups is 1. The Bertz CT molecular complexity index is 1260. The molecule has 32 heavy (non-hydrogen) atoms.